The van der Waals surface area contributed by atoms with Crippen LogP contribution in [0.15, 0.2) is 16.9 Å². The second-order valence-electron chi connectivity index (χ2n) is 4.54. The summed E-state index contributed by atoms with van der Waals surface area (Å²) in [7, 11) is 2.18. The van der Waals surface area contributed by atoms with Crippen molar-refractivity contribution in [1.82, 2.24) is 15.0 Å². The number of rotatable bonds is 6. The number of hydrogen-bond acceptors (Lipinski definition) is 5. The van der Waals surface area contributed by atoms with Crippen LogP contribution >= 0.6 is 0 Å². The van der Waals surface area contributed by atoms with Gasteiger partial charge < -0.3 is 19.1 Å². The Kier molecular flexibility index (Phi) is 13.4. The van der Waals surface area contributed by atoms with Crippen LogP contribution in [-0.4, -0.2) is 61.3 Å². The highest BCUT2D eigenvalue weighted by atomic mass is 16.5. The summed E-state index contributed by atoms with van der Waals surface area (Å²) in [4.78, 5) is 4.87. The Labute approximate surface area is 130 Å². The monoisotopic (exact) mass is 299 g/mol. The van der Waals surface area contributed by atoms with Crippen LogP contribution in [-0.2, 0) is 11.3 Å². The molecule has 1 saturated heterocycles. The van der Waals surface area contributed by atoms with Gasteiger partial charge in [0.25, 0.3) is 0 Å². The van der Waals surface area contributed by atoms with Gasteiger partial charge >= 0.3 is 0 Å². The Morgan fingerprint density at radius 1 is 1.14 bits per heavy atom. The number of piperazine rings is 1. The van der Waals surface area contributed by atoms with Crippen molar-refractivity contribution >= 4 is 0 Å². The number of ether oxygens (including phenoxy) is 1. The summed E-state index contributed by atoms with van der Waals surface area (Å²) in [5, 5.41) is 3.80. The first-order valence-electron chi connectivity index (χ1n) is 8.22. The Hall–Kier alpha value is -0.910. The van der Waals surface area contributed by atoms with E-state index in [-0.39, 0.29) is 0 Å². The first kappa shape index (κ1) is 20.1. The summed E-state index contributed by atoms with van der Waals surface area (Å²) in [5.74, 6) is 0. The molecule has 0 saturated carbocycles. The Morgan fingerprint density at radius 3 is 2.38 bits per heavy atom. The number of nitrogens with zero attached hydrogens (tertiary/aromatic N) is 3. The molecule has 2 rings (SSSR count). The van der Waals surface area contributed by atoms with E-state index in [2.05, 4.69) is 22.0 Å². The molecule has 0 aliphatic carbocycles. The fraction of sp³-hybridized carbons (Fsp3) is 0.812. The molecule has 1 aliphatic rings. The molecule has 0 atom stereocenters. The van der Waals surface area contributed by atoms with Crippen LogP contribution < -0.4 is 0 Å². The Balaban J connectivity index is 0.000000921. The van der Waals surface area contributed by atoms with Gasteiger partial charge in [0.15, 0.2) is 0 Å². The van der Waals surface area contributed by atoms with Crippen LogP contribution in [0.5, 0.6) is 0 Å². The molecule has 1 fully saturated rings. The molecular weight excluding hydrogens is 266 g/mol. The van der Waals surface area contributed by atoms with E-state index in [0.717, 1.165) is 25.3 Å². The van der Waals surface area contributed by atoms with Gasteiger partial charge in [0.2, 0.25) is 0 Å². The molecule has 0 N–H and O–H groups in total. The molecule has 2 heterocycles. The van der Waals surface area contributed by atoms with Crippen molar-refractivity contribution in [3.8, 4) is 0 Å². The van der Waals surface area contributed by atoms with E-state index in [9.17, 15) is 0 Å². The van der Waals surface area contributed by atoms with Gasteiger partial charge in [-0.15, -0.1) is 0 Å². The third-order valence-electron chi connectivity index (χ3n) is 3.10. The fourth-order valence-corrected chi connectivity index (χ4v) is 1.95. The molecule has 124 valence electrons. The normalized spacial score (nSPS) is 15.7. The topological polar surface area (TPSA) is 41.7 Å². The zero-order valence-corrected chi connectivity index (χ0v) is 14.5. The van der Waals surface area contributed by atoms with Crippen LogP contribution in [0.25, 0.3) is 0 Å². The van der Waals surface area contributed by atoms with E-state index in [1.807, 2.05) is 33.8 Å². The summed E-state index contributed by atoms with van der Waals surface area (Å²) in [6.45, 7) is 15.2. The number of likely N-dealkylation sites (N-methyl/N-ethyl adjacent to an activating group) is 1. The lowest BCUT2D eigenvalue weighted by atomic mass is 10.3. The second-order valence-corrected chi connectivity index (χ2v) is 4.54. The molecule has 1 aromatic heterocycles. The average molecular weight is 299 g/mol. The van der Waals surface area contributed by atoms with Crippen LogP contribution in [0.2, 0.25) is 0 Å². The minimum absolute atomic E-state index is 0.555. The lowest BCUT2D eigenvalue weighted by molar-refractivity contribution is 0.0937. The first-order valence-corrected chi connectivity index (χ1v) is 8.22. The Bertz CT molecular complexity index is 296. The molecule has 5 nitrogen and oxygen atoms in total. The predicted octanol–water partition coefficient (Wildman–Crippen LogP) is 2.88. The fourth-order valence-electron chi connectivity index (χ4n) is 1.95. The number of hydrogen-bond donors (Lipinski definition) is 0. The van der Waals surface area contributed by atoms with Gasteiger partial charge in [0, 0.05) is 45.4 Å². The number of aromatic nitrogens is 1. The van der Waals surface area contributed by atoms with Crippen molar-refractivity contribution in [3.63, 3.8) is 0 Å². The highest BCUT2D eigenvalue weighted by Gasteiger charge is 2.12. The maximum absolute atomic E-state index is 5.53. The summed E-state index contributed by atoms with van der Waals surface area (Å²) in [5.41, 5.74) is 0.865. The third kappa shape index (κ3) is 9.61. The van der Waals surface area contributed by atoms with Crippen molar-refractivity contribution in [3.05, 3.63) is 18.0 Å². The standard InChI is InChI=1S/C12H21N3O2.2C2H6/c1-14-5-7-15(8-6-14)4-2-9-16-11-12-3-10-17-13-12;2*1-2/h3,10H,2,4-9,11H2,1H3;2*1-2H3. The maximum atomic E-state index is 5.53. The quantitative estimate of drug-likeness (QED) is 0.756. The van der Waals surface area contributed by atoms with Gasteiger partial charge in [-0.3, -0.25) is 0 Å². The SMILES string of the molecule is CC.CC.CN1CCN(CCCOCc2ccon2)CC1. The largest absolute Gasteiger partial charge is 0.375 e. The third-order valence-corrected chi connectivity index (χ3v) is 3.10. The molecule has 1 aliphatic heterocycles. The highest BCUT2D eigenvalue weighted by Crippen LogP contribution is 2.01. The maximum Gasteiger partial charge on any atom is 0.124 e. The van der Waals surface area contributed by atoms with E-state index in [0.29, 0.717) is 6.61 Å². The molecule has 0 unspecified atom stereocenters. The van der Waals surface area contributed by atoms with E-state index >= 15 is 0 Å². The zero-order chi connectivity index (χ0) is 15.9. The summed E-state index contributed by atoms with van der Waals surface area (Å²) in [6.07, 6.45) is 2.66. The van der Waals surface area contributed by atoms with Crippen LogP contribution in [0, 0.1) is 0 Å². The first-order chi connectivity index (χ1) is 10.3. The van der Waals surface area contributed by atoms with E-state index in [1.54, 1.807) is 6.26 Å². The minimum Gasteiger partial charge on any atom is -0.375 e. The zero-order valence-electron chi connectivity index (χ0n) is 14.5. The van der Waals surface area contributed by atoms with E-state index in [1.165, 1.54) is 26.2 Å². The molecular formula is C16H33N3O2. The average Bonchev–Trinajstić information content (AvgIpc) is 3.06. The second kappa shape index (κ2) is 14.0. The van der Waals surface area contributed by atoms with Crippen LogP contribution in [0.1, 0.15) is 39.8 Å². The highest BCUT2D eigenvalue weighted by molar-refractivity contribution is 4.92. The smallest absolute Gasteiger partial charge is 0.124 e. The van der Waals surface area contributed by atoms with Gasteiger partial charge in [-0.2, -0.15) is 0 Å². The minimum atomic E-state index is 0.555. The summed E-state index contributed by atoms with van der Waals surface area (Å²) in [6, 6.07) is 1.83. The lowest BCUT2D eigenvalue weighted by Gasteiger charge is -2.32. The van der Waals surface area contributed by atoms with Crippen molar-refractivity contribution in [2.45, 2.75) is 40.7 Å². The van der Waals surface area contributed by atoms with Gasteiger partial charge in [-0.25, -0.2) is 0 Å². The summed E-state index contributed by atoms with van der Waals surface area (Å²) < 4.78 is 10.3. The van der Waals surface area contributed by atoms with Crippen molar-refractivity contribution in [1.29, 1.82) is 0 Å². The molecule has 21 heavy (non-hydrogen) atoms. The molecule has 0 spiro atoms. The lowest BCUT2D eigenvalue weighted by Crippen LogP contribution is -2.44. The van der Waals surface area contributed by atoms with E-state index < -0.39 is 0 Å². The Morgan fingerprint density at radius 2 is 1.81 bits per heavy atom. The summed E-state index contributed by atoms with van der Waals surface area (Å²) >= 11 is 0. The van der Waals surface area contributed by atoms with Crippen LogP contribution in [0.4, 0.5) is 0 Å². The van der Waals surface area contributed by atoms with Crippen molar-refractivity contribution in [2.75, 3.05) is 46.4 Å². The van der Waals surface area contributed by atoms with Gasteiger partial charge in [-0.1, -0.05) is 32.9 Å². The molecule has 0 bridgehead atoms. The molecule has 1 aromatic rings. The van der Waals surface area contributed by atoms with Gasteiger partial charge in [-0.05, 0) is 13.5 Å². The van der Waals surface area contributed by atoms with Gasteiger partial charge in [0.1, 0.15) is 12.0 Å². The van der Waals surface area contributed by atoms with Crippen molar-refractivity contribution < 1.29 is 9.26 Å². The van der Waals surface area contributed by atoms with Gasteiger partial charge in [0.05, 0.1) is 6.61 Å². The molecule has 5 heteroatoms. The molecule has 0 radical (unpaired) electrons. The van der Waals surface area contributed by atoms with Crippen molar-refractivity contribution in [2.24, 2.45) is 0 Å². The molecule has 0 aromatic carbocycles. The van der Waals surface area contributed by atoms with E-state index in [4.69, 9.17) is 9.26 Å². The van der Waals surface area contributed by atoms with Crippen LogP contribution in [0.3, 0.4) is 0 Å². The predicted molar refractivity (Wildman–Crippen MR) is 87.4 cm³/mol. The molecule has 0 amide bonds.